The van der Waals surface area contributed by atoms with Gasteiger partial charge in [0.15, 0.2) is 5.82 Å². The zero-order chi connectivity index (χ0) is 14.7. The minimum absolute atomic E-state index is 0.358. The molecule has 5 nitrogen and oxygen atoms in total. The average molecular weight is 334 g/mol. The van der Waals surface area contributed by atoms with E-state index in [0.29, 0.717) is 17.2 Å². The van der Waals surface area contributed by atoms with Crippen LogP contribution in [0.25, 0.3) is 5.69 Å². The maximum Gasteiger partial charge on any atom is 0.168 e. The predicted octanol–water partition coefficient (Wildman–Crippen LogP) is 3.22. The highest BCUT2D eigenvalue weighted by Crippen LogP contribution is 2.27. The molecule has 1 heterocycles. The van der Waals surface area contributed by atoms with Gasteiger partial charge in [-0.3, -0.25) is 0 Å². The third kappa shape index (κ3) is 2.63. The smallest absolute Gasteiger partial charge is 0.168 e. The summed E-state index contributed by atoms with van der Waals surface area (Å²) in [5, 5.41) is 16.8. The van der Waals surface area contributed by atoms with Crippen LogP contribution < -0.4 is 11.1 Å². The second kappa shape index (κ2) is 5.97. The van der Waals surface area contributed by atoms with E-state index in [1.165, 1.54) is 0 Å². The minimum atomic E-state index is 0.358. The van der Waals surface area contributed by atoms with E-state index in [1.54, 1.807) is 4.68 Å². The number of nitrogens with two attached hydrogens (primary N) is 1. The number of nitrogens with one attached hydrogen (secondary N) is 1. The van der Waals surface area contributed by atoms with Crippen molar-refractivity contribution in [2.45, 2.75) is 20.3 Å². The Hall–Kier alpha value is -2.00. The molecule has 2 rings (SSSR count). The van der Waals surface area contributed by atoms with Gasteiger partial charge in [-0.25, -0.2) is 4.68 Å². The molecule has 2 aromatic rings. The Labute approximate surface area is 126 Å². The molecular weight excluding hydrogens is 318 g/mol. The maximum absolute atomic E-state index is 9.24. The van der Waals surface area contributed by atoms with Crippen LogP contribution in [-0.2, 0) is 0 Å². The fraction of sp³-hybridized carbons (Fsp3) is 0.286. The van der Waals surface area contributed by atoms with Crippen LogP contribution in [0.15, 0.2) is 22.7 Å². The van der Waals surface area contributed by atoms with Gasteiger partial charge in [-0.1, -0.05) is 22.9 Å². The van der Waals surface area contributed by atoms with Crippen LogP contribution in [-0.4, -0.2) is 16.3 Å². The highest BCUT2D eigenvalue weighted by atomic mass is 79.9. The quantitative estimate of drug-likeness (QED) is 0.900. The SMILES string of the molecule is CCCNc1nn(-c2ccc(Br)cc2C)c(N)c1C#N. The molecule has 0 aliphatic carbocycles. The summed E-state index contributed by atoms with van der Waals surface area (Å²) < 4.78 is 2.60. The fourth-order valence-electron chi connectivity index (χ4n) is 1.95. The first-order valence-corrected chi connectivity index (χ1v) is 7.16. The van der Waals surface area contributed by atoms with Gasteiger partial charge in [-0.15, -0.1) is 5.10 Å². The van der Waals surface area contributed by atoms with Gasteiger partial charge < -0.3 is 11.1 Å². The van der Waals surface area contributed by atoms with Crippen molar-refractivity contribution in [3.8, 4) is 11.8 Å². The minimum Gasteiger partial charge on any atom is -0.382 e. The summed E-state index contributed by atoms with van der Waals surface area (Å²) in [4.78, 5) is 0. The van der Waals surface area contributed by atoms with Gasteiger partial charge in [0.05, 0.1) is 5.69 Å². The molecule has 1 aromatic heterocycles. The van der Waals surface area contributed by atoms with Crippen LogP contribution in [0, 0.1) is 18.3 Å². The highest BCUT2D eigenvalue weighted by Gasteiger charge is 2.17. The number of nitrogens with zero attached hydrogens (tertiary/aromatic N) is 3. The van der Waals surface area contributed by atoms with Crippen molar-refractivity contribution in [3.05, 3.63) is 33.8 Å². The molecule has 0 saturated carbocycles. The zero-order valence-electron chi connectivity index (χ0n) is 11.4. The van der Waals surface area contributed by atoms with Gasteiger partial charge in [0.2, 0.25) is 0 Å². The number of halogens is 1. The Bertz CT molecular complexity index is 669. The van der Waals surface area contributed by atoms with Crippen molar-refractivity contribution in [1.29, 1.82) is 5.26 Å². The van der Waals surface area contributed by atoms with E-state index in [9.17, 15) is 5.26 Å². The van der Waals surface area contributed by atoms with Crippen molar-refractivity contribution >= 4 is 27.6 Å². The van der Waals surface area contributed by atoms with Crippen LogP contribution in [0.4, 0.5) is 11.6 Å². The van der Waals surface area contributed by atoms with Gasteiger partial charge in [0.1, 0.15) is 17.5 Å². The number of nitriles is 1. The number of benzene rings is 1. The van der Waals surface area contributed by atoms with Crippen molar-refractivity contribution in [3.63, 3.8) is 0 Å². The van der Waals surface area contributed by atoms with Crippen LogP contribution >= 0.6 is 15.9 Å². The molecule has 0 atom stereocenters. The van der Waals surface area contributed by atoms with Crippen LogP contribution in [0.5, 0.6) is 0 Å². The third-order valence-corrected chi connectivity index (χ3v) is 3.46. The molecule has 0 unspecified atom stereocenters. The molecule has 104 valence electrons. The number of hydrogen-bond donors (Lipinski definition) is 2. The Morgan fingerprint density at radius 1 is 1.50 bits per heavy atom. The van der Waals surface area contributed by atoms with Crippen molar-refractivity contribution in [1.82, 2.24) is 9.78 Å². The van der Waals surface area contributed by atoms with Gasteiger partial charge in [-0.2, -0.15) is 5.26 Å². The maximum atomic E-state index is 9.24. The zero-order valence-corrected chi connectivity index (χ0v) is 13.0. The lowest BCUT2D eigenvalue weighted by Crippen LogP contribution is -2.05. The first-order valence-electron chi connectivity index (χ1n) is 6.37. The van der Waals surface area contributed by atoms with E-state index in [4.69, 9.17) is 5.73 Å². The largest absolute Gasteiger partial charge is 0.382 e. The van der Waals surface area contributed by atoms with Crippen molar-refractivity contribution in [2.75, 3.05) is 17.6 Å². The lowest BCUT2D eigenvalue weighted by Gasteiger charge is -2.07. The first kappa shape index (κ1) is 14.4. The van der Waals surface area contributed by atoms with E-state index in [1.807, 2.05) is 25.1 Å². The second-order valence-electron chi connectivity index (χ2n) is 4.49. The second-order valence-corrected chi connectivity index (χ2v) is 5.41. The van der Waals surface area contributed by atoms with Crippen LogP contribution in [0.3, 0.4) is 0 Å². The van der Waals surface area contributed by atoms with Gasteiger partial charge >= 0.3 is 0 Å². The van der Waals surface area contributed by atoms with Crippen molar-refractivity contribution in [2.24, 2.45) is 0 Å². The molecule has 1 aromatic carbocycles. The van der Waals surface area contributed by atoms with Crippen LogP contribution in [0.1, 0.15) is 24.5 Å². The van der Waals surface area contributed by atoms with E-state index in [0.717, 1.165) is 28.7 Å². The standard InChI is InChI=1S/C14H16BrN5/c1-3-6-18-14-11(8-16)13(17)20(19-14)12-5-4-10(15)7-9(12)2/h4-5,7H,3,6,17H2,1-2H3,(H,18,19). The molecule has 0 spiro atoms. The Balaban J connectivity index is 2.52. The summed E-state index contributed by atoms with van der Waals surface area (Å²) in [5.74, 6) is 0.894. The molecule has 0 aliphatic heterocycles. The first-order chi connectivity index (χ1) is 9.58. The molecule has 6 heteroatoms. The Morgan fingerprint density at radius 3 is 2.85 bits per heavy atom. The molecule has 0 bridgehead atoms. The number of aromatic nitrogens is 2. The normalized spacial score (nSPS) is 10.3. The number of aryl methyl sites for hydroxylation is 1. The molecule has 0 amide bonds. The predicted molar refractivity (Wildman–Crippen MR) is 83.9 cm³/mol. The van der Waals surface area contributed by atoms with E-state index < -0.39 is 0 Å². The number of nitrogen functional groups attached to an aromatic ring is 1. The van der Waals surface area contributed by atoms with Gasteiger partial charge in [-0.05, 0) is 37.1 Å². The summed E-state index contributed by atoms with van der Waals surface area (Å²) in [6.45, 7) is 4.79. The Kier molecular flexibility index (Phi) is 4.30. The number of hydrogen-bond acceptors (Lipinski definition) is 4. The van der Waals surface area contributed by atoms with E-state index in [2.05, 4.69) is 39.3 Å². The molecule has 20 heavy (non-hydrogen) atoms. The molecule has 0 saturated heterocycles. The summed E-state index contributed by atoms with van der Waals surface area (Å²) in [6.07, 6.45) is 0.953. The molecular formula is C14H16BrN5. The highest BCUT2D eigenvalue weighted by molar-refractivity contribution is 9.10. The average Bonchev–Trinajstić information content (AvgIpc) is 2.72. The van der Waals surface area contributed by atoms with Crippen LogP contribution in [0.2, 0.25) is 0 Å². The van der Waals surface area contributed by atoms with Gasteiger partial charge in [0.25, 0.3) is 0 Å². The summed E-state index contributed by atoms with van der Waals surface area (Å²) >= 11 is 3.43. The third-order valence-electron chi connectivity index (χ3n) is 2.96. The fourth-order valence-corrected chi connectivity index (χ4v) is 2.42. The number of anilines is 2. The van der Waals surface area contributed by atoms with E-state index >= 15 is 0 Å². The lowest BCUT2D eigenvalue weighted by molar-refractivity contribution is 0.873. The van der Waals surface area contributed by atoms with E-state index in [-0.39, 0.29) is 0 Å². The molecule has 3 N–H and O–H groups in total. The van der Waals surface area contributed by atoms with Gasteiger partial charge in [0, 0.05) is 11.0 Å². The molecule has 0 aliphatic rings. The molecule has 0 radical (unpaired) electrons. The molecule has 0 fully saturated rings. The monoisotopic (exact) mass is 333 g/mol. The summed E-state index contributed by atoms with van der Waals surface area (Å²) in [7, 11) is 0. The summed E-state index contributed by atoms with van der Waals surface area (Å²) in [6, 6.07) is 7.95. The lowest BCUT2D eigenvalue weighted by atomic mass is 10.2. The topological polar surface area (TPSA) is 79.7 Å². The Morgan fingerprint density at radius 2 is 2.25 bits per heavy atom. The van der Waals surface area contributed by atoms with Crippen molar-refractivity contribution < 1.29 is 0 Å². The summed E-state index contributed by atoms with van der Waals surface area (Å²) in [5.41, 5.74) is 8.34. The number of rotatable bonds is 4.